The minimum atomic E-state index is -2.44. The molecule has 0 radical (unpaired) electrons. The summed E-state index contributed by atoms with van der Waals surface area (Å²) in [6.45, 7) is 1.93. The first-order valence-corrected chi connectivity index (χ1v) is 6.02. The molecule has 0 heterocycles. The maximum atomic E-state index is 13.2. The van der Waals surface area contributed by atoms with Crippen LogP contribution in [-0.2, 0) is 0 Å². The summed E-state index contributed by atoms with van der Waals surface area (Å²) < 4.78 is 39.3. The molecule has 0 amide bonds. The van der Waals surface area contributed by atoms with Gasteiger partial charge >= 0.3 is 0 Å². The van der Waals surface area contributed by atoms with E-state index in [1.54, 1.807) is 0 Å². The van der Waals surface area contributed by atoms with Crippen molar-refractivity contribution < 1.29 is 13.2 Å². The monoisotopic (exact) mass is 220 g/mol. The van der Waals surface area contributed by atoms with Crippen molar-refractivity contribution in [2.75, 3.05) is 0 Å². The molecule has 0 aromatic rings. The van der Waals surface area contributed by atoms with Crippen LogP contribution in [-0.4, -0.2) is 12.1 Å². The second kappa shape index (κ2) is 3.99. The molecule has 0 spiro atoms. The first-order valence-electron chi connectivity index (χ1n) is 6.02. The van der Waals surface area contributed by atoms with Crippen molar-refractivity contribution in [3.8, 4) is 0 Å². The highest BCUT2D eigenvalue weighted by atomic mass is 19.3. The third-order valence-electron chi connectivity index (χ3n) is 4.41. The van der Waals surface area contributed by atoms with Crippen LogP contribution in [0.3, 0.4) is 0 Å². The van der Waals surface area contributed by atoms with Gasteiger partial charge in [0.05, 0.1) is 0 Å². The summed E-state index contributed by atoms with van der Waals surface area (Å²) >= 11 is 0. The fourth-order valence-corrected chi connectivity index (χ4v) is 3.11. The molecule has 15 heavy (non-hydrogen) atoms. The van der Waals surface area contributed by atoms with Crippen molar-refractivity contribution in [2.45, 2.75) is 57.5 Å². The van der Waals surface area contributed by atoms with Gasteiger partial charge in [-0.2, -0.15) is 0 Å². The quantitative estimate of drug-likeness (QED) is 0.654. The van der Waals surface area contributed by atoms with E-state index in [-0.39, 0.29) is 12.3 Å². The molecule has 2 atom stereocenters. The molecule has 0 aliphatic heterocycles. The molecule has 2 fully saturated rings. The van der Waals surface area contributed by atoms with Gasteiger partial charge < -0.3 is 0 Å². The van der Waals surface area contributed by atoms with Crippen LogP contribution >= 0.6 is 0 Å². The van der Waals surface area contributed by atoms with Crippen LogP contribution in [0.25, 0.3) is 0 Å². The number of halogens is 3. The summed E-state index contributed by atoms with van der Waals surface area (Å²) in [5, 5.41) is 0. The minimum Gasteiger partial charge on any atom is -0.247 e. The van der Waals surface area contributed by atoms with Crippen LogP contribution in [0.15, 0.2) is 0 Å². The standard InChI is InChI=1S/C12H19F3/c1-8(11-6-7-12(11,14)15)9-2-4-10(13)5-3-9/h8-11H,2-7H2,1H3. The Morgan fingerprint density at radius 1 is 1.07 bits per heavy atom. The summed E-state index contributed by atoms with van der Waals surface area (Å²) in [6, 6.07) is 0. The molecule has 2 saturated carbocycles. The second-order valence-electron chi connectivity index (χ2n) is 5.28. The number of hydrogen-bond donors (Lipinski definition) is 0. The van der Waals surface area contributed by atoms with Crippen molar-refractivity contribution >= 4 is 0 Å². The molecule has 2 rings (SSSR count). The molecule has 0 bridgehead atoms. The lowest BCUT2D eigenvalue weighted by Crippen LogP contribution is -2.45. The Hall–Kier alpha value is -0.210. The molecule has 88 valence electrons. The number of alkyl halides is 3. The van der Waals surface area contributed by atoms with Crippen molar-refractivity contribution in [1.82, 2.24) is 0 Å². The van der Waals surface area contributed by atoms with E-state index in [9.17, 15) is 13.2 Å². The Balaban J connectivity index is 1.88. The summed E-state index contributed by atoms with van der Waals surface area (Å²) in [5.74, 6) is -2.47. The summed E-state index contributed by atoms with van der Waals surface area (Å²) in [6.07, 6.45) is 2.78. The van der Waals surface area contributed by atoms with Crippen LogP contribution in [0, 0.1) is 17.8 Å². The van der Waals surface area contributed by atoms with E-state index in [0.717, 1.165) is 12.8 Å². The van der Waals surface area contributed by atoms with Crippen molar-refractivity contribution in [2.24, 2.45) is 17.8 Å². The minimum absolute atomic E-state index is 0.0560. The Morgan fingerprint density at radius 2 is 1.67 bits per heavy atom. The van der Waals surface area contributed by atoms with Gasteiger partial charge in [-0.15, -0.1) is 0 Å². The first kappa shape index (κ1) is 11.3. The Labute approximate surface area is 89.2 Å². The Morgan fingerprint density at radius 3 is 2.07 bits per heavy atom. The van der Waals surface area contributed by atoms with Crippen molar-refractivity contribution in [3.05, 3.63) is 0 Å². The topological polar surface area (TPSA) is 0 Å². The van der Waals surface area contributed by atoms with Crippen molar-refractivity contribution in [1.29, 1.82) is 0 Å². The fourth-order valence-electron chi connectivity index (χ4n) is 3.11. The Bertz CT molecular complexity index is 219. The van der Waals surface area contributed by atoms with E-state index in [2.05, 4.69) is 0 Å². The number of rotatable bonds is 2. The molecule has 3 heteroatoms. The van der Waals surface area contributed by atoms with Gasteiger partial charge in [0.25, 0.3) is 5.92 Å². The largest absolute Gasteiger partial charge is 0.251 e. The molecule has 2 aliphatic rings. The van der Waals surface area contributed by atoms with E-state index >= 15 is 0 Å². The highest BCUT2D eigenvalue weighted by Crippen LogP contribution is 2.51. The fraction of sp³-hybridized carbons (Fsp3) is 1.00. The molecule has 2 unspecified atom stereocenters. The molecule has 0 N–H and O–H groups in total. The maximum Gasteiger partial charge on any atom is 0.251 e. The van der Waals surface area contributed by atoms with Crippen LogP contribution in [0.1, 0.15) is 45.4 Å². The van der Waals surface area contributed by atoms with Crippen LogP contribution in [0.4, 0.5) is 13.2 Å². The maximum absolute atomic E-state index is 13.2. The second-order valence-corrected chi connectivity index (χ2v) is 5.28. The molecular weight excluding hydrogens is 201 g/mol. The van der Waals surface area contributed by atoms with Crippen LogP contribution in [0.5, 0.6) is 0 Å². The average Bonchev–Trinajstić information content (AvgIpc) is 2.17. The lowest BCUT2D eigenvalue weighted by molar-refractivity contribution is -0.160. The van der Waals surface area contributed by atoms with Crippen LogP contribution < -0.4 is 0 Å². The highest BCUT2D eigenvalue weighted by molar-refractivity contribution is 4.93. The molecule has 0 nitrogen and oxygen atoms in total. The number of hydrogen-bond acceptors (Lipinski definition) is 0. The molecular formula is C12H19F3. The lowest BCUT2D eigenvalue weighted by Gasteiger charge is -2.44. The average molecular weight is 220 g/mol. The van der Waals surface area contributed by atoms with Crippen molar-refractivity contribution in [3.63, 3.8) is 0 Å². The first-order chi connectivity index (χ1) is 7.00. The molecule has 2 aliphatic carbocycles. The van der Waals surface area contributed by atoms with E-state index in [0.29, 0.717) is 25.2 Å². The van der Waals surface area contributed by atoms with Gasteiger partial charge in [-0.3, -0.25) is 0 Å². The van der Waals surface area contributed by atoms with Crippen LogP contribution in [0.2, 0.25) is 0 Å². The molecule has 0 aromatic heterocycles. The van der Waals surface area contributed by atoms with E-state index in [4.69, 9.17) is 0 Å². The SMILES string of the molecule is CC(C1CCC(F)CC1)C1CCC1(F)F. The van der Waals surface area contributed by atoms with Gasteiger partial charge in [0.1, 0.15) is 6.17 Å². The summed E-state index contributed by atoms with van der Waals surface area (Å²) in [5.41, 5.74) is 0. The predicted molar refractivity (Wildman–Crippen MR) is 53.7 cm³/mol. The van der Waals surface area contributed by atoms with E-state index in [1.807, 2.05) is 6.92 Å². The third kappa shape index (κ3) is 2.16. The van der Waals surface area contributed by atoms with Gasteiger partial charge in [-0.05, 0) is 43.9 Å². The van der Waals surface area contributed by atoms with E-state index < -0.39 is 18.0 Å². The van der Waals surface area contributed by atoms with Gasteiger partial charge in [0.15, 0.2) is 0 Å². The van der Waals surface area contributed by atoms with Gasteiger partial charge in [0, 0.05) is 12.3 Å². The highest BCUT2D eigenvalue weighted by Gasteiger charge is 2.52. The Kier molecular flexibility index (Phi) is 3.00. The zero-order chi connectivity index (χ0) is 11.1. The third-order valence-corrected chi connectivity index (χ3v) is 4.41. The van der Waals surface area contributed by atoms with Gasteiger partial charge in [0.2, 0.25) is 0 Å². The summed E-state index contributed by atoms with van der Waals surface area (Å²) in [4.78, 5) is 0. The zero-order valence-corrected chi connectivity index (χ0v) is 9.19. The molecule has 0 aromatic carbocycles. The lowest BCUT2D eigenvalue weighted by atomic mass is 9.65. The van der Waals surface area contributed by atoms with Gasteiger partial charge in [-0.1, -0.05) is 6.92 Å². The van der Waals surface area contributed by atoms with E-state index in [1.165, 1.54) is 0 Å². The van der Waals surface area contributed by atoms with Gasteiger partial charge in [-0.25, -0.2) is 13.2 Å². The zero-order valence-electron chi connectivity index (χ0n) is 9.19. The smallest absolute Gasteiger partial charge is 0.247 e. The summed E-state index contributed by atoms with van der Waals surface area (Å²) in [7, 11) is 0. The molecule has 0 saturated heterocycles. The predicted octanol–water partition coefficient (Wildman–Crippen LogP) is 4.20. The normalized spacial score (nSPS) is 42.0.